The van der Waals surface area contributed by atoms with Gasteiger partial charge in [0.15, 0.2) is 18.9 Å². The predicted molar refractivity (Wildman–Crippen MR) is 72.7 cm³/mol. The molecule has 0 radical (unpaired) electrons. The molecular weight excluding hydrogens is 349 g/mol. The summed E-state index contributed by atoms with van der Waals surface area (Å²) in [5, 5.41) is 0. The molecule has 0 bridgehead atoms. The summed E-state index contributed by atoms with van der Waals surface area (Å²) in [5.41, 5.74) is 2.60. The van der Waals surface area contributed by atoms with Gasteiger partial charge in [0.1, 0.15) is 12.4 Å². The van der Waals surface area contributed by atoms with E-state index in [1.807, 2.05) is 12.1 Å². The zero-order chi connectivity index (χ0) is 12.8. The van der Waals surface area contributed by atoms with E-state index < -0.39 is 0 Å². The Morgan fingerprint density at radius 1 is 1.11 bits per heavy atom. The summed E-state index contributed by atoms with van der Waals surface area (Å²) in [7, 11) is 0. The molecule has 102 valence electrons. The summed E-state index contributed by atoms with van der Waals surface area (Å²) < 4.78 is 7.87. The number of ether oxygens (including phenoxy) is 1. The first-order chi connectivity index (χ1) is 8.78. The van der Waals surface area contributed by atoms with Crippen LogP contribution in [0.3, 0.4) is 0 Å². The highest BCUT2D eigenvalue weighted by molar-refractivity contribution is 5.27. The maximum atomic E-state index is 5.73. The molecule has 0 aliphatic carbocycles. The Balaban J connectivity index is 0.00000180. The van der Waals surface area contributed by atoms with E-state index in [4.69, 9.17) is 4.74 Å². The molecule has 2 nitrogen and oxygen atoms in total. The molecule has 0 N–H and O–H groups in total. The van der Waals surface area contributed by atoms with Crippen LogP contribution in [0.1, 0.15) is 18.1 Å². The van der Waals surface area contributed by atoms with Crippen molar-refractivity contribution in [1.82, 2.24) is 0 Å². The minimum Gasteiger partial charge on any atom is -1.00 e. The smallest absolute Gasteiger partial charge is 0.182 e. The molecule has 0 aliphatic heterocycles. The molecule has 3 heteroatoms. The van der Waals surface area contributed by atoms with Crippen molar-refractivity contribution in [2.45, 2.75) is 26.8 Å². The van der Waals surface area contributed by atoms with Crippen LogP contribution in [0, 0.1) is 6.92 Å². The molecule has 2 rings (SSSR count). The van der Waals surface area contributed by atoms with Crippen LogP contribution in [-0.4, -0.2) is 6.61 Å². The minimum absolute atomic E-state index is 0. The number of nitrogens with zero attached hydrogens (tertiary/aromatic N) is 1. The molecule has 0 atom stereocenters. The number of halogens is 1. The van der Waals surface area contributed by atoms with Crippen LogP contribution in [-0.2, 0) is 13.0 Å². The molecule has 0 saturated carbocycles. The summed E-state index contributed by atoms with van der Waals surface area (Å²) in [6, 6.07) is 12.5. The van der Waals surface area contributed by atoms with Gasteiger partial charge in [-0.05, 0) is 36.6 Å². The Hall–Kier alpha value is -1.10. The van der Waals surface area contributed by atoms with Gasteiger partial charge in [-0.1, -0.05) is 19.1 Å². The molecule has 1 aromatic heterocycles. The Bertz CT molecular complexity index is 496. The molecule has 2 aromatic rings. The number of hydrogen-bond donors (Lipinski definition) is 0. The fourth-order valence-corrected chi connectivity index (χ4v) is 1.85. The van der Waals surface area contributed by atoms with Gasteiger partial charge in [0, 0.05) is 12.1 Å². The van der Waals surface area contributed by atoms with Crippen LogP contribution in [0.25, 0.3) is 0 Å². The second-order valence-electron chi connectivity index (χ2n) is 4.46. The summed E-state index contributed by atoms with van der Waals surface area (Å²) >= 11 is 0. The van der Waals surface area contributed by atoms with Crippen LogP contribution in [0.5, 0.6) is 5.75 Å². The van der Waals surface area contributed by atoms with Crippen molar-refractivity contribution >= 4 is 0 Å². The lowest BCUT2D eigenvalue weighted by Crippen LogP contribution is -3.00. The van der Waals surface area contributed by atoms with Crippen molar-refractivity contribution in [3.05, 3.63) is 59.9 Å². The summed E-state index contributed by atoms with van der Waals surface area (Å²) in [6.07, 6.45) is 5.30. The Morgan fingerprint density at radius 3 is 2.47 bits per heavy atom. The lowest BCUT2D eigenvalue weighted by Gasteiger charge is -2.04. The molecule has 0 aliphatic rings. The fraction of sp³-hybridized carbons (Fsp3) is 0.312. The third kappa shape index (κ3) is 5.19. The highest BCUT2D eigenvalue weighted by Gasteiger charge is 2.01. The van der Waals surface area contributed by atoms with E-state index in [1.54, 1.807) is 0 Å². The van der Waals surface area contributed by atoms with Crippen LogP contribution in [0.2, 0.25) is 0 Å². The van der Waals surface area contributed by atoms with Gasteiger partial charge in [-0.15, -0.1) is 0 Å². The standard InChI is InChI=1S/C16H20NO.HI/c1-3-15-7-9-17(10-8-15)11-12-18-16-6-4-5-14(2)13-16;/h4-10,13H,3,11-12H2,1-2H3;1H/q+1;/p-1. The number of pyridine rings is 1. The zero-order valence-corrected chi connectivity index (χ0v) is 13.6. The quantitative estimate of drug-likeness (QED) is 0.531. The van der Waals surface area contributed by atoms with Crippen molar-refractivity contribution < 1.29 is 33.3 Å². The monoisotopic (exact) mass is 369 g/mol. The van der Waals surface area contributed by atoms with E-state index in [2.05, 4.69) is 55.1 Å². The number of hydrogen-bond acceptors (Lipinski definition) is 1. The first-order valence-corrected chi connectivity index (χ1v) is 6.45. The van der Waals surface area contributed by atoms with Crippen LogP contribution in [0.4, 0.5) is 0 Å². The van der Waals surface area contributed by atoms with E-state index in [0.717, 1.165) is 18.7 Å². The van der Waals surface area contributed by atoms with Crippen molar-refractivity contribution in [2.24, 2.45) is 0 Å². The van der Waals surface area contributed by atoms with Crippen LogP contribution < -0.4 is 33.3 Å². The van der Waals surface area contributed by atoms with Gasteiger partial charge in [-0.3, -0.25) is 0 Å². The molecule has 0 saturated heterocycles. The summed E-state index contributed by atoms with van der Waals surface area (Å²) in [4.78, 5) is 0. The number of rotatable bonds is 5. The van der Waals surface area contributed by atoms with Gasteiger partial charge in [-0.2, -0.15) is 0 Å². The molecule has 0 fully saturated rings. The lowest BCUT2D eigenvalue weighted by atomic mass is 10.2. The SMILES string of the molecule is CCc1cc[n+](CCOc2cccc(C)c2)cc1.[I-]. The molecule has 0 unspecified atom stereocenters. The number of aromatic nitrogens is 1. The normalized spacial score (nSPS) is 9.79. The van der Waals surface area contributed by atoms with Crippen molar-refractivity contribution in [2.75, 3.05) is 6.61 Å². The topological polar surface area (TPSA) is 13.1 Å². The fourth-order valence-electron chi connectivity index (χ4n) is 1.85. The van der Waals surface area contributed by atoms with Gasteiger partial charge < -0.3 is 28.7 Å². The molecule has 0 spiro atoms. The highest BCUT2D eigenvalue weighted by atomic mass is 127. The largest absolute Gasteiger partial charge is 1.00 e. The first kappa shape index (κ1) is 16.0. The van der Waals surface area contributed by atoms with E-state index in [1.165, 1.54) is 11.1 Å². The molecule has 0 amide bonds. The number of benzene rings is 1. The van der Waals surface area contributed by atoms with Crippen LogP contribution in [0.15, 0.2) is 48.8 Å². The van der Waals surface area contributed by atoms with Crippen molar-refractivity contribution in [3.8, 4) is 5.75 Å². The predicted octanol–water partition coefficient (Wildman–Crippen LogP) is -0.0721. The second kappa shape index (κ2) is 8.15. The maximum Gasteiger partial charge on any atom is 0.182 e. The van der Waals surface area contributed by atoms with E-state index >= 15 is 0 Å². The molecule has 1 aromatic carbocycles. The Labute approximate surface area is 132 Å². The summed E-state index contributed by atoms with van der Waals surface area (Å²) in [6.45, 7) is 5.81. The second-order valence-corrected chi connectivity index (χ2v) is 4.46. The van der Waals surface area contributed by atoms with Gasteiger partial charge in [0.25, 0.3) is 0 Å². The molecular formula is C16H20INO. The first-order valence-electron chi connectivity index (χ1n) is 6.45. The average Bonchev–Trinajstić information content (AvgIpc) is 2.40. The average molecular weight is 369 g/mol. The van der Waals surface area contributed by atoms with Gasteiger partial charge in [-0.25, -0.2) is 4.57 Å². The van der Waals surface area contributed by atoms with E-state index in [-0.39, 0.29) is 24.0 Å². The third-order valence-electron chi connectivity index (χ3n) is 2.98. The maximum absolute atomic E-state index is 5.73. The number of aryl methyl sites for hydroxylation is 2. The Morgan fingerprint density at radius 2 is 1.84 bits per heavy atom. The Kier molecular flexibility index (Phi) is 6.84. The van der Waals surface area contributed by atoms with Gasteiger partial charge in [0.05, 0.1) is 0 Å². The van der Waals surface area contributed by atoms with E-state index in [0.29, 0.717) is 6.61 Å². The third-order valence-corrected chi connectivity index (χ3v) is 2.98. The van der Waals surface area contributed by atoms with Crippen molar-refractivity contribution in [1.29, 1.82) is 0 Å². The van der Waals surface area contributed by atoms with Crippen LogP contribution >= 0.6 is 0 Å². The van der Waals surface area contributed by atoms with Gasteiger partial charge in [0.2, 0.25) is 0 Å². The van der Waals surface area contributed by atoms with Gasteiger partial charge >= 0.3 is 0 Å². The highest BCUT2D eigenvalue weighted by Crippen LogP contribution is 2.11. The van der Waals surface area contributed by atoms with E-state index in [9.17, 15) is 0 Å². The zero-order valence-electron chi connectivity index (χ0n) is 11.5. The lowest BCUT2D eigenvalue weighted by molar-refractivity contribution is -0.697. The molecule has 1 heterocycles. The summed E-state index contributed by atoms with van der Waals surface area (Å²) in [5.74, 6) is 0.945. The minimum atomic E-state index is 0. The van der Waals surface area contributed by atoms with Crippen molar-refractivity contribution in [3.63, 3.8) is 0 Å². The molecule has 19 heavy (non-hydrogen) atoms.